The van der Waals surface area contributed by atoms with Gasteiger partial charge in [-0.1, -0.05) is 13.3 Å². The number of ether oxygens (including phenoxy) is 3. The maximum Gasteiger partial charge on any atom is 0.373 e. The van der Waals surface area contributed by atoms with Crippen molar-refractivity contribution in [2.75, 3.05) is 27.9 Å². The third-order valence-corrected chi connectivity index (χ3v) is 9.21. The lowest BCUT2D eigenvalue weighted by atomic mass is 10.0. The van der Waals surface area contributed by atoms with Crippen molar-refractivity contribution in [1.29, 1.82) is 0 Å². The monoisotopic (exact) mass is 360 g/mol. The SMILES string of the molecule is CC1=COC1=O.CCCC1(OC)C(OCC)CCC[Si]1(OC)OC. The second-order valence-electron chi connectivity index (χ2n) is 6.05. The molecular weight excluding hydrogens is 328 g/mol. The summed E-state index contributed by atoms with van der Waals surface area (Å²) in [6.07, 6.45) is 5.62. The van der Waals surface area contributed by atoms with E-state index in [1.807, 2.05) is 6.92 Å². The van der Waals surface area contributed by atoms with Gasteiger partial charge in [0.1, 0.15) is 11.5 Å². The maximum atomic E-state index is 9.94. The van der Waals surface area contributed by atoms with Crippen LogP contribution in [0, 0.1) is 0 Å². The highest BCUT2D eigenvalue weighted by Crippen LogP contribution is 2.44. The van der Waals surface area contributed by atoms with Crippen molar-refractivity contribution < 1.29 is 27.9 Å². The van der Waals surface area contributed by atoms with Crippen LogP contribution in [-0.4, -0.2) is 53.8 Å². The van der Waals surface area contributed by atoms with Crippen LogP contribution in [0.5, 0.6) is 0 Å². The van der Waals surface area contributed by atoms with Gasteiger partial charge in [-0.05, 0) is 39.2 Å². The molecule has 0 aromatic carbocycles. The first-order valence-corrected chi connectivity index (χ1v) is 10.6. The zero-order chi connectivity index (χ0) is 18.2. The third-order valence-electron chi connectivity index (χ3n) is 4.81. The Labute approximate surface area is 146 Å². The molecule has 2 heterocycles. The summed E-state index contributed by atoms with van der Waals surface area (Å²) in [5.74, 6) is -0.199. The Morgan fingerprint density at radius 2 is 1.92 bits per heavy atom. The van der Waals surface area contributed by atoms with Gasteiger partial charge < -0.3 is 23.1 Å². The highest BCUT2D eigenvalue weighted by Gasteiger charge is 2.63. The Morgan fingerprint density at radius 1 is 1.29 bits per heavy atom. The molecule has 1 fully saturated rings. The molecule has 2 aliphatic heterocycles. The number of hydrogen-bond acceptors (Lipinski definition) is 6. The van der Waals surface area contributed by atoms with Gasteiger partial charge in [-0.2, -0.15) is 0 Å². The van der Waals surface area contributed by atoms with E-state index in [0.29, 0.717) is 12.2 Å². The predicted octanol–water partition coefficient (Wildman–Crippen LogP) is 3.09. The quantitative estimate of drug-likeness (QED) is 0.513. The molecule has 140 valence electrons. The number of rotatable bonds is 7. The molecule has 2 atom stereocenters. The molecule has 1 saturated heterocycles. The van der Waals surface area contributed by atoms with Crippen LogP contribution in [0.2, 0.25) is 6.04 Å². The van der Waals surface area contributed by atoms with E-state index in [-0.39, 0.29) is 17.3 Å². The lowest BCUT2D eigenvalue weighted by Crippen LogP contribution is -2.70. The molecule has 0 saturated carbocycles. The van der Waals surface area contributed by atoms with Crippen molar-refractivity contribution in [3.05, 3.63) is 11.8 Å². The summed E-state index contributed by atoms with van der Waals surface area (Å²) in [7, 11) is 2.91. The standard InChI is InChI=1S/C13H28O4Si.C4H4O2/c1-6-10-13(14-3)12(17-7-2)9-8-11-18(13,15-4)16-5;1-3-2-6-4(3)5/h12H,6-11H2,1-5H3;2H,1H3. The van der Waals surface area contributed by atoms with Crippen LogP contribution in [0.15, 0.2) is 11.8 Å². The summed E-state index contributed by atoms with van der Waals surface area (Å²) < 4.78 is 27.9. The molecule has 24 heavy (non-hydrogen) atoms. The topological polar surface area (TPSA) is 63.2 Å². The van der Waals surface area contributed by atoms with Gasteiger partial charge in [0.05, 0.1) is 11.7 Å². The zero-order valence-electron chi connectivity index (χ0n) is 15.8. The van der Waals surface area contributed by atoms with Gasteiger partial charge in [0.2, 0.25) is 0 Å². The van der Waals surface area contributed by atoms with E-state index in [2.05, 4.69) is 11.7 Å². The first kappa shape index (κ1) is 21.3. The normalized spacial score (nSPS) is 28.2. The number of esters is 1. The van der Waals surface area contributed by atoms with Crippen LogP contribution >= 0.6 is 0 Å². The highest BCUT2D eigenvalue weighted by molar-refractivity contribution is 6.71. The summed E-state index contributed by atoms with van der Waals surface area (Å²) in [6, 6.07) is 0.984. The molecule has 0 N–H and O–H groups in total. The van der Waals surface area contributed by atoms with E-state index in [1.165, 1.54) is 6.26 Å². The van der Waals surface area contributed by atoms with Crippen LogP contribution < -0.4 is 0 Å². The van der Waals surface area contributed by atoms with Gasteiger partial charge >= 0.3 is 14.5 Å². The molecule has 0 aliphatic carbocycles. The Bertz CT molecular complexity index is 433. The van der Waals surface area contributed by atoms with E-state index in [4.69, 9.17) is 18.3 Å². The minimum absolute atomic E-state index is 0.0905. The van der Waals surface area contributed by atoms with Gasteiger partial charge in [-0.3, -0.25) is 0 Å². The zero-order valence-corrected chi connectivity index (χ0v) is 16.8. The van der Waals surface area contributed by atoms with E-state index >= 15 is 0 Å². The summed E-state index contributed by atoms with van der Waals surface area (Å²) in [5.41, 5.74) is 0.704. The second kappa shape index (κ2) is 9.67. The lowest BCUT2D eigenvalue weighted by Gasteiger charge is -2.51. The Hall–Kier alpha value is -0.733. The van der Waals surface area contributed by atoms with Crippen molar-refractivity contribution in [3.8, 4) is 0 Å². The van der Waals surface area contributed by atoms with Gasteiger partial charge in [0, 0.05) is 27.9 Å². The number of carbonyl (C=O) groups is 1. The summed E-state index contributed by atoms with van der Waals surface area (Å²) in [4.78, 5) is 9.94. The molecule has 0 aromatic rings. The molecule has 0 spiro atoms. The predicted molar refractivity (Wildman–Crippen MR) is 93.7 cm³/mol. The second-order valence-corrected chi connectivity index (χ2v) is 9.72. The van der Waals surface area contributed by atoms with E-state index < -0.39 is 8.56 Å². The molecular formula is C17H32O6Si. The maximum absolute atomic E-state index is 9.94. The van der Waals surface area contributed by atoms with E-state index in [0.717, 1.165) is 31.7 Å². The summed E-state index contributed by atoms with van der Waals surface area (Å²) in [5, 5.41) is -0.375. The first-order chi connectivity index (χ1) is 11.5. The van der Waals surface area contributed by atoms with E-state index in [1.54, 1.807) is 28.3 Å². The third kappa shape index (κ3) is 4.08. The fourth-order valence-corrected chi connectivity index (χ4v) is 7.62. The minimum Gasteiger partial charge on any atom is -0.430 e. The molecule has 2 unspecified atom stereocenters. The average molecular weight is 361 g/mol. The number of cyclic esters (lactones) is 1. The lowest BCUT2D eigenvalue weighted by molar-refractivity contribution is -0.138. The molecule has 0 aromatic heterocycles. The van der Waals surface area contributed by atoms with E-state index in [9.17, 15) is 4.79 Å². The average Bonchev–Trinajstić information content (AvgIpc) is 2.62. The first-order valence-electron chi connectivity index (χ1n) is 8.61. The molecule has 2 rings (SSSR count). The fourth-order valence-electron chi connectivity index (χ4n) is 3.60. The molecule has 0 radical (unpaired) electrons. The fraction of sp³-hybridized carbons (Fsp3) is 0.824. The van der Waals surface area contributed by atoms with Crippen LogP contribution in [0.1, 0.15) is 46.5 Å². The molecule has 0 bridgehead atoms. The number of methoxy groups -OCH3 is 1. The smallest absolute Gasteiger partial charge is 0.373 e. The van der Waals surface area contributed by atoms with Gasteiger partial charge in [-0.25, -0.2) is 4.79 Å². The van der Waals surface area contributed by atoms with Crippen LogP contribution in [0.4, 0.5) is 0 Å². The number of hydrogen-bond donors (Lipinski definition) is 0. The van der Waals surface area contributed by atoms with Crippen molar-refractivity contribution in [1.82, 2.24) is 0 Å². The van der Waals surface area contributed by atoms with Gasteiger partial charge in [0.25, 0.3) is 0 Å². The summed E-state index contributed by atoms with van der Waals surface area (Å²) >= 11 is 0. The molecule has 0 amide bonds. The largest absolute Gasteiger partial charge is 0.430 e. The number of carbonyl (C=O) groups excluding carboxylic acids is 1. The van der Waals surface area contributed by atoms with Crippen LogP contribution in [0.3, 0.4) is 0 Å². The van der Waals surface area contributed by atoms with Crippen LogP contribution in [-0.2, 0) is 27.9 Å². The van der Waals surface area contributed by atoms with Gasteiger partial charge in [-0.15, -0.1) is 0 Å². The molecule has 2 aliphatic rings. The van der Waals surface area contributed by atoms with Crippen molar-refractivity contribution in [2.45, 2.75) is 63.8 Å². The Morgan fingerprint density at radius 3 is 2.25 bits per heavy atom. The molecule has 6 nitrogen and oxygen atoms in total. The Balaban J connectivity index is 0.000000400. The van der Waals surface area contributed by atoms with Gasteiger partial charge in [0.15, 0.2) is 0 Å². The Kier molecular flexibility index (Phi) is 8.59. The van der Waals surface area contributed by atoms with Crippen molar-refractivity contribution in [3.63, 3.8) is 0 Å². The molecule has 7 heteroatoms. The highest BCUT2D eigenvalue weighted by atomic mass is 28.4. The van der Waals surface area contributed by atoms with Crippen molar-refractivity contribution >= 4 is 14.5 Å². The van der Waals surface area contributed by atoms with Crippen LogP contribution in [0.25, 0.3) is 0 Å². The van der Waals surface area contributed by atoms with Crippen molar-refractivity contribution in [2.24, 2.45) is 0 Å². The minimum atomic E-state index is -2.38. The summed E-state index contributed by atoms with van der Waals surface area (Å²) in [6.45, 7) is 6.62.